The number of aromatic nitrogens is 2. The standard InChI is InChI=1S/C14H18N2S/c1-2-5-12(6-3-1)14(13-7-4-10-17-13)16-9-8-15-11-16/h4,7-12,14H,1-3,5-6H2. The molecule has 90 valence electrons. The summed E-state index contributed by atoms with van der Waals surface area (Å²) in [5.41, 5.74) is 0. The molecule has 0 aliphatic heterocycles. The van der Waals surface area contributed by atoms with Crippen molar-refractivity contribution in [1.82, 2.24) is 9.55 Å². The molecular formula is C14H18N2S. The van der Waals surface area contributed by atoms with Crippen LogP contribution in [0.1, 0.15) is 43.0 Å². The second kappa shape index (κ2) is 5.05. The molecule has 0 radical (unpaired) electrons. The molecule has 1 aliphatic carbocycles. The number of nitrogens with zero attached hydrogens (tertiary/aromatic N) is 2. The Morgan fingerprint density at radius 2 is 2.18 bits per heavy atom. The summed E-state index contributed by atoms with van der Waals surface area (Å²) in [5.74, 6) is 0.789. The van der Waals surface area contributed by atoms with E-state index in [-0.39, 0.29) is 0 Å². The highest BCUT2D eigenvalue weighted by Crippen LogP contribution is 2.38. The summed E-state index contributed by atoms with van der Waals surface area (Å²) in [5, 5.41) is 2.18. The molecular weight excluding hydrogens is 228 g/mol. The zero-order chi connectivity index (χ0) is 11.5. The lowest BCUT2D eigenvalue weighted by atomic mass is 9.83. The minimum atomic E-state index is 0.512. The summed E-state index contributed by atoms with van der Waals surface area (Å²) in [6, 6.07) is 4.94. The predicted octanol–water partition coefficient (Wildman–Crippen LogP) is 4.11. The maximum Gasteiger partial charge on any atom is 0.0952 e. The van der Waals surface area contributed by atoms with E-state index >= 15 is 0 Å². The Morgan fingerprint density at radius 3 is 2.82 bits per heavy atom. The maximum atomic E-state index is 4.22. The number of thiophene rings is 1. The van der Waals surface area contributed by atoms with Gasteiger partial charge in [0, 0.05) is 17.3 Å². The van der Waals surface area contributed by atoms with Crippen LogP contribution in [0.2, 0.25) is 0 Å². The van der Waals surface area contributed by atoms with Gasteiger partial charge in [0.1, 0.15) is 0 Å². The van der Waals surface area contributed by atoms with Crippen LogP contribution in [0.15, 0.2) is 36.2 Å². The zero-order valence-electron chi connectivity index (χ0n) is 9.96. The zero-order valence-corrected chi connectivity index (χ0v) is 10.8. The van der Waals surface area contributed by atoms with Gasteiger partial charge >= 0.3 is 0 Å². The molecule has 0 saturated heterocycles. The summed E-state index contributed by atoms with van der Waals surface area (Å²) >= 11 is 1.87. The second-order valence-electron chi connectivity index (χ2n) is 4.87. The van der Waals surface area contributed by atoms with Crippen LogP contribution in [0.25, 0.3) is 0 Å². The Bertz CT molecular complexity index is 393. The highest BCUT2D eigenvalue weighted by molar-refractivity contribution is 7.10. The van der Waals surface area contributed by atoms with Crippen molar-refractivity contribution in [2.24, 2.45) is 5.92 Å². The Balaban J connectivity index is 1.91. The summed E-state index contributed by atoms with van der Waals surface area (Å²) in [6.07, 6.45) is 12.9. The number of imidazole rings is 1. The lowest BCUT2D eigenvalue weighted by Gasteiger charge is -2.30. The molecule has 0 amide bonds. The Labute approximate surface area is 106 Å². The molecule has 3 rings (SSSR count). The van der Waals surface area contributed by atoms with Gasteiger partial charge in [-0.2, -0.15) is 0 Å². The van der Waals surface area contributed by atoms with E-state index in [1.807, 2.05) is 23.9 Å². The van der Waals surface area contributed by atoms with E-state index in [1.54, 1.807) is 0 Å². The molecule has 2 aromatic rings. The average Bonchev–Trinajstić information content (AvgIpc) is 3.04. The Kier molecular flexibility index (Phi) is 3.27. The molecule has 1 atom stereocenters. The van der Waals surface area contributed by atoms with Gasteiger partial charge in [-0.1, -0.05) is 25.3 Å². The molecule has 0 spiro atoms. The van der Waals surface area contributed by atoms with Crippen LogP contribution in [0.3, 0.4) is 0 Å². The van der Waals surface area contributed by atoms with Crippen LogP contribution in [-0.2, 0) is 0 Å². The van der Waals surface area contributed by atoms with Gasteiger partial charge < -0.3 is 4.57 Å². The second-order valence-corrected chi connectivity index (χ2v) is 5.85. The molecule has 2 nitrogen and oxygen atoms in total. The first-order valence-corrected chi connectivity index (χ1v) is 7.34. The minimum Gasteiger partial charge on any atom is -0.329 e. The maximum absolute atomic E-state index is 4.22. The van der Waals surface area contributed by atoms with Crippen molar-refractivity contribution in [2.45, 2.75) is 38.1 Å². The summed E-state index contributed by atoms with van der Waals surface area (Å²) in [6.45, 7) is 0. The number of hydrogen-bond acceptors (Lipinski definition) is 2. The molecule has 1 saturated carbocycles. The molecule has 1 aliphatic rings. The molecule has 2 heterocycles. The predicted molar refractivity (Wildman–Crippen MR) is 71.3 cm³/mol. The van der Waals surface area contributed by atoms with E-state index in [9.17, 15) is 0 Å². The monoisotopic (exact) mass is 246 g/mol. The topological polar surface area (TPSA) is 17.8 Å². The molecule has 3 heteroatoms. The first-order valence-electron chi connectivity index (χ1n) is 6.46. The third kappa shape index (κ3) is 2.29. The van der Waals surface area contributed by atoms with Gasteiger partial charge in [-0.05, 0) is 30.2 Å². The van der Waals surface area contributed by atoms with Crippen molar-refractivity contribution in [3.63, 3.8) is 0 Å². The van der Waals surface area contributed by atoms with E-state index in [2.05, 4.69) is 33.3 Å². The van der Waals surface area contributed by atoms with Crippen molar-refractivity contribution in [3.05, 3.63) is 41.1 Å². The van der Waals surface area contributed by atoms with Crippen LogP contribution >= 0.6 is 11.3 Å². The lowest BCUT2D eigenvalue weighted by Crippen LogP contribution is -2.21. The SMILES string of the molecule is c1csc(C(C2CCCCC2)n2ccnc2)c1. The quantitative estimate of drug-likeness (QED) is 0.796. The highest BCUT2D eigenvalue weighted by atomic mass is 32.1. The van der Waals surface area contributed by atoms with Crippen molar-refractivity contribution in [3.8, 4) is 0 Å². The summed E-state index contributed by atoms with van der Waals surface area (Å²) < 4.78 is 2.29. The summed E-state index contributed by atoms with van der Waals surface area (Å²) in [4.78, 5) is 5.70. The molecule has 0 aromatic carbocycles. The van der Waals surface area contributed by atoms with Crippen LogP contribution in [-0.4, -0.2) is 9.55 Å². The van der Waals surface area contributed by atoms with Crippen LogP contribution in [0, 0.1) is 5.92 Å². The smallest absolute Gasteiger partial charge is 0.0952 e. The Hall–Kier alpha value is -1.09. The van der Waals surface area contributed by atoms with E-state index in [0.29, 0.717) is 6.04 Å². The van der Waals surface area contributed by atoms with Crippen LogP contribution in [0.4, 0.5) is 0 Å². The van der Waals surface area contributed by atoms with Gasteiger partial charge in [-0.15, -0.1) is 11.3 Å². The van der Waals surface area contributed by atoms with Gasteiger partial charge in [0.15, 0.2) is 0 Å². The number of rotatable bonds is 3. The first-order chi connectivity index (χ1) is 8.45. The largest absolute Gasteiger partial charge is 0.329 e. The fourth-order valence-electron chi connectivity index (χ4n) is 2.97. The summed E-state index contributed by atoms with van der Waals surface area (Å²) in [7, 11) is 0. The van der Waals surface area contributed by atoms with Gasteiger partial charge in [-0.25, -0.2) is 4.98 Å². The molecule has 1 fully saturated rings. The molecule has 0 N–H and O–H groups in total. The lowest BCUT2D eigenvalue weighted by molar-refractivity contribution is 0.282. The van der Waals surface area contributed by atoms with Gasteiger partial charge in [0.25, 0.3) is 0 Å². The van der Waals surface area contributed by atoms with Crippen LogP contribution < -0.4 is 0 Å². The van der Waals surface area contributed by atoms with Gasteiger partial charge in [-0.3, -0.25) is 0 Å². The fraction of sp³-hybridized carbons (Fsp3) is 0.500. The first kappa shape index (κ1) is 11.0. The van der Waals surface area contributed by atoms with Crippen LogP contribution in [0.5, 0.6) is 0 Å². The van der Waals surface area contributed by atoms with Gasteiger partial charge in [0.2, 0.25) is 0 Å². The van der Waals surface area contributed by atoms with Crippen molar-refractivity contribution in [2.75, 3.05) is 0 Å². The Morgan fingerprint density at radius 1 is 1.29 bits per heavy atom. The van der Waals surface area contributed by atoms with Crippen molar-refractivity contribution >= 4 is 11.3 Å². The third-order valence-corrected chi connectivity index (χ3v) is 4.72. The number of hydrogen-bond donors (Lipinski definition) is 0. The molecule has 2 aromatic heterocycles. The van der Waals surface area contributed by atoms with E-state index in [4.69, 9.17) is 0 Å². The molecule has 0 bridgehead atoms. The minimum absolute atomic E-state index is 0.512. The third-order valence-electron chi connectivity index (χ3n) is 3.78. The molecule has 17 heavy (non-hydrogen) atoms. The molecule has 1 unspecified atom stereocenters. The van der Waals surface area contributed by atoms with Crippen molar-refractivity contribution in [1.29, 1.82) is 0 Å². The highest BCUT2D eigenvalue weighted by Gasteiger charge is 2.26. The van der Waals surface area contributed by atoms with Crippen molar-refractivity contribution < 1.29 is 0 Å². The normalized spacial score (nSPS) is 19.3. The van der Waals surface area contributed by atoms with E-state index in [0.717, 1.165) is 5.92 Å². The van der Waals surface area contributed by atoms with Gasteiger partial charge in [0.05, 0.1) is 12.4 Å². The fourth-order valence-corrected chi connectivity index (χ4v) is 3.89. The van der Waals surface area contributed by atoms with E-state index in [1.165, 1.54) is 37.0 Å². The average molecular weight is 246 g/mol. The van der Waals surface area contributed by atoms with E-state index < -0.39 is 0 Å².